The number of hydrogen-bond donors (Lipinski definition) is 2. The Labute approximate surface area is 148 Å². The van der Waals surface area contributed by atoms with Crippen LogP contribution in [0.25, 0.3) is 10.9 Å². The fourth-order valence-electron chi connectivity index (χ4n) is 2.85. The summed E-state index contributed by atoms with van der Waals surface area (Å²) in [6.45, 7) is 3.16. The van der Waals surface area contributed by atoms with Crippen LogP contribution in [0, 0.1) is 0 Å². The first-order valence-corrected chi connectivity index (χ1v) is 8.69. The summed E-state index contributed by atoms with van der Waals surface area (Å²) in [5, 5.41) is 4.01. The zero-order valence-electron chi connectivity index (χ0n) is 14.7. The fraction of sp³-hybridized carbons (Fsp3) is 0.300. The van der Waals surface area contributed by atoms with Crippen molar-refractivity contribution >= 4 is 28.3 Å². The summed E-state index contributed by atoms with van der Waals surface area (Å²) in [5.74, 6) is 0.877. The van der Waals surface area contributed by atoms with Crippen LogP contribution in [0.4, 0.5) is 11.5 Å². The molecule has 0 saturated carbocycles. The number of rotatable bonds is 7. The zero-order valence-corrected chi connectivity index (χ0v) is 14.7. The minimum absolute atomic E-state index is 0.0429. The van der Waals surface area contributed by atoms with E-state index in [9.17, 15) is 4.79 Å². The maximum atomic E-state index is 12.3. The van der Waals surface area contributed by atoms with Gasteiger partial charge in [0.25, 0.3) is 0 Å². The second-order valence-electron chi connectivity index (χ2n) is 6.26. The van der Waals surface area contributed by atoms with Crippen molar-refractivity contribution in [3.63, 3.8) is 0 Å². The van der Waals surface area contributed by atoms with Crippen LogP contribution < -0.4 is 10.2 Å². The molecule has 0 fully saturated rings. The van der Waals surface area contributed by atoms with E-state index in [1.54, 1.807) is 6.20 Å². The molecule has 0 aliphatic rings. The molecule has 0 aliphatic carbocycles. The Kier molecular flexibility index (Phi) is 5.33. The molecule has 2 N–H and O–H groups in total. The summed E-state index contributed by atoms with van der Waals surface area (Å²) >= 11 is 0. The van der Waals surface area contributed by atoms with Gasteiger partial charge in [-0.05, 0) is 30.2 Å². The number of fused-ring (bicyclic) bond motifs is 1. The quantitative estimate of drug-likeness (QED) is 0.686. The molecule has 0 atom stereocenters. The highest BCUT2D eigenvalue weighted by Crippen LogP contribution is 2.19. The molecule has 0 radical (unpaired) electrons. The van der Waals surface area contributed by atoms with E-state index >= 15 is 0 Å². The molecule has 25 heavy (non-hydrogen) atoms. The predicted molar refractivity (Wildman–Crippen MR) is 103 cm³/mol. The first-order valence-electron chi connectivity index (χ1n) is 8.69. The van der Waals surface area contributed by atoms with Gasteiger partial charge in [0.2, 0.25) is 5.91 Å². The van der Waals surface area contributed by atoms with E-state index in [0.717, 1.165) is 47.4 Å². The number of amides is 1. The van der Waals surface area contributed by atoms with Gasteiger partial charge in [-0.2, -0.15) is 0 Å². The zero-order chi connectivity index (χ0) is 17.6. The van der Waals surface area contributed by atoms with Gasteiger partial charge in [0.1, 0.15) is 5.82 Å². The fourth-order valence-corrected chi connectivity index (χ4v) is 2.85. The number of aromatic nitrogens is 2. The molecule has 5 nitrogen and oxygen atoms in total. The van der Waals surface area contributed by atoms with E-state index < -0.39 is 0 Å². The SMILES string of the molecule is CCCCN(C)c1ccc(NC(=O)Cc2c[nH]c3ccccc23)cn1. The predicted octanol–water partition coefficient (Wildman–Crippen LogP) is 3.98. The molecule has 3 rings (SSSR count). The first kappa shape index (κ1) is 17.0. The van der Waals surface area contributed by atoms with Crippen molar-refractivity contribution in [3.05, 3.63) is 54.4 Å². The summed E-state index contributed by atoms with van der Waals surface area (Å²) in [5.41, 5.74) is 2.76. The minimum Gasteiger partial charge on any atom is -0.361 e. The van der Waals surface area contributed by atoms with Crippen LogP contribution in [0.1, 0.15) is 25.3 Å². The molecule has 2 aromatic heterocycles. The van der Waals surface area contributed by atoms with E-state index in [2.05, 4.69) is 27.1 Å². The van der Waals surface area contributed by atoms with Gasteiger partial charge in [0.05, 0.1) is 18.3 Å². The van der Waals surface area contributed by atoms with Gasteiger partial charge >= 0.3 is 0 Å². The second kappa shape index (κ2) is 7.83. The Balaban J connectivity index is 1.61. The summed E-state index contributed by atoms with van der Waals surface area (Å²) in [6, 6.07) is 11.8. The lowest BCUT2D eigenvalue weighted by Gasteiger charge is -2.17. The van der Waals surface area contributed by atoms with Crippen LogP contribution in [0.5, 0.6) is 0 Å². The van der Waals surface area contributed by atoms with Crippen LogP contribution in [-0.2, 0) is 11.2 Å². The number of anilines is 2. The molecular formula is C20H24N4O. The second-order valence-corrected chi connectivity index (χ2v) is 6.26. The van der Waals surface area contributed by atoms with E-state index in [1.807, 2.05) is 49.6 Å². The van der Waals surface area contributed by atoms with Crippen LogP contribution in [0.15, 0.2) is 48.8 Å². The van der Waals surface area contributed by atoms with Crippen molar-refractivity contribution in [1.82, 2.24) is 9.97 Å². The van der Waals surface area contributed by atoms with Crippen molar-refractivity contribution in [1.29, 1.82) is 0 Å². The van der Waals surface area contributed by atoms with Gasteiger partial charge in [0.15, 0.2) is 0 Å². The maximum absolute atomic E-state index is 12.3. The average Bonchev–Trinajstić information content (AvgIpc) is 3.03. The van der Waals surface area contributed by atoms with Crippen molar-refractivity contribution in [2.24, 2.45) is 0 Å². The molecule has 0 unspecified atom stereocenters. The number of benzene rings is 1. The summed E-state index contributed by atoms with van der Waals surface area (Å²) < 4.78 is 0. The number of para-hydroxylation sites is 1. The number of nitrogens with one attached hydrogen (secondary N) is 2. The van der Waals surface area contributed by atoms with E-state index in [1.165, 1.54) is 0 Å². The summed E-state index contributed by atoms with van der Waals surface area (Å²) in [6.07, 6.45) is 6.25. The smallest absolute Gasteiger partial charge is 0.228 e. The largest absolute Gasteiger partial charge is 0.361 e. The molecule has 0 spiro atoms. The number of nitrogens with zero attached hydrogens (tertiary/aromatic N) is 2. The summed E-state index contributed by atoms with van der Waals surface area (Å²) in [4.78, 5) is 22.1. The number of pyridine rings is 1. The standard InChI is InChI=1S/C20H24N4O/c1-3-4-11-24(2)19-10-9-16(14-22-19)23-20(25)12-15-13-21-18-8-6-5-7-17(15)18/h5-10,13-14,21H,3-4,11-12H2,1-2H3,(H,23,25). The van der Waals surface area contributed by atoms with Gasteiger partial charge in [-0.15, -0.1) is 0 Å². The van der Waals surface area contributed by atoms with Gasteiger partial charge in [-0.1, -0.05) is 31.5 Å². The highest BCUT2D eigenvalue weighted by Gasteiger charge is 2.09. The van der Waals surface area contributed by atoms with E-state index in [-0.39, 0.29) is 5.91 Å². The Bertz CT molecular complexity index is 838. The van der Waals surface area contributed by atoms with E-state index in [0.29, 0.717) is 6.42 Å². The normalized spacial score (nSPS) is 10.8. The molecule has 1 aromatic carbocycles. The molecule has 130 valence electrons. The average molecular weight is 336 g/mol. The highest BCUT2D eigenvalue weighted by molar-refractivity contribution is 5.95. The Morgan fingerprint density at radius 1 is 1.24 bits per heavy atom. The van der Waals surface area contributed by atoms with E-state index in [4.69, 9.17) is 0 Å². The number of carbonyl (C=O) groups excluding carboxylic acids is 1. The number of unbranched alkanes of at least 4 members (excludes halogenated alkanes) is 1. The number of carbonyl (C=O) groups is 1. The van der Waals surface area contributed by atoms with Crippen LogP contribution in [0.2, 0.25) is 0 Å². The van der Waals surface area contributed by atoms with Gasteiger partial charge < -0.3 is 15.2 Å². The Morgan fingerprint density at radius 2 is 2.08 bits per heavy atom. The molecule has 5 heteroatoms. The molecule has 0 saturated heterocycles. The van der Waals surface area contributed by atoms with Crippen molar-refractivity contribution in [3.8, 4) is 0 Å². The van der Waals surface area contributed by atoms with Gasteiger partial charge in [-0.3, -0.25) is 4.79 Å². The minimum atomic E-state index is -0.0429. The number of H-pyrrole nitrogens is 1. The third-order valence-electron chi connectivity index (χ3n) is 4.30. The highest BCUT2D eigenvalue weighted by atomic mass is 16.1. The number of aromatic amines is 1. The third-order valence-corrected chi connectivity index (χ3v) is 4.30. The van der Waals surface area contributed by atoms with Crippen LogP contribution in [0.3, 0.4) is 0 Å². The molecule has 0 aliphatic heterocycles. The van der Waals surface area contributed by atoms with Crippen molar-refractivity contribution in [2.75, 3.05) is 23.8 Å². The van der Waals surface area contributed by atoms with Crippen molar-refractivity contribution in [2.45, 2.75) is 26.2 Å². The van der Waals surface area contributed by atoms with Gasteiger partial charge in [-0.25, -0.2) is 4.98 Å². The van der Waals surface area contributed by atoms with Crippen molar-refractivity contribution < 1.29 is 4.79 Å². The first-order chi connectivity index (χ1) is 12.2. The lowest BCUT2D eigenvalue weighted by Crippen LogP contribution is -2.19. The molecule has 0 bridgehead atoms. The Hall–Kier alpha value is -2.82. The lowest BCUT2D eigenvalue weighted by atomic mass is 10.1. The molecular weight excluding hydrogens is 312 g/mol. The van der Waals surface area contributed by atoms with Crippen LogP contribution in [-0.4, -0.2) is 29.5 Å². The monoisotopic (exact) mass is 336 g/mol. The lowest BCUT2D eigenvalue weighted by molar-refractivity contribution is -0.115. The molecule has 1 amide bonds. The topological polar surface area (TPSA) is 61.0 Å². The van der Waals surface area contributed by atoms with Crippen LogP contribution >= 0.6 is 0 Å². The Morgan fingerprint density at radius 3 is 2.84 bits per heavy atom. The van der Waals surface area contributed by atoms with Gasteiger partial charge in [0, 0.05) is 30.7 Å². The summed E-state index contributed by atoms with van der Waals surface area (Å²) in [7, 11) is 2.03. The third kappa shape index (κ3) is 4.18. The maximum Gasteiger partial charge on any atom is 0.228 e. The number of hydrogen-bond acceptors (Lipinski definition) is 3. The molecule has 2 heterocycles. The molecule has 3 aromatic rings.